The van der Waals surface area contributed by atoms with Crippen molar-refractivity contribution in [1.29, 1.82) is 0 Å². The molecule has 1 amide bonds. The number of aromatic nitrogens is 2. The molecule has 2 heterocycles. The van der Waals surface area contributed by atoms with Crippen LogP contribution in [0.15, 0.2) is 27.8 Å². The first-order valence-corrected chi connectivity index (χ1v) is 14.1. The Labute approximate surface area is 228 Å². The van der Waals surface area contributed by atoms with Gasteiger partial charge in [-0.15, -0.1) is 0 Å². The lowest BCUT2D eigenvalue weighted by Crippen LogP contribution is -2.49. The summed E-state index contributed by atoms with van der Waals surface area (Å²) in [4.78, 5) is 28.1. The van der Waals surface area contributed by atoms with Crippen LogP contribution in [0, 0.1) is 0 Å². The normalized spacial score (nSPS) is 16.5. The summed E-state index contributed by atoms with van der Waals surface area (Å²) in [7, 11) is 5.17. The topological polar surface area (TPSA) is 83.1 Å². The Morgan fingerprint density at radius 1 is 1.19 bits per heavy atom. The Balaban J connectivity index is 1.77. The molecule has 9 nitrogen and oxygen atoms in total. The minimum Gasteiger partial charge on any atom is -0.366 e. The second-order valence-corrected chi connectivity index (χ2v) is 10.6. The number of piperazine rings is 1. The molecule has 0 aromatic carbocycles. The highest BCUT2D eigenvalue weighted by Crippen LogP contribution is 2.29. The number of allylic oxidation sites excluding steroid dienone is 3. The molecule has 36 heavy (non-hydrogen) atoms. The highest BCUT2D eigenvalue weighted by Gasteiger charge is 2.24. The third kappa shape index (κ3) is 8.14. The summed E-state index contributed by atoms with van der Waals surface area (Å²) in [5.74, 6) is 3.11. The Hall–Kier alpha value is -1.72. The summed E-state index contributed by atoms with van der Waals surface area (Å²) in [5.41, 5.74) is 1.09. The van der Waals surface area contributed by atoms with E-state index < -0.39 is 0 Å². The third-order valence-corrected chi connectivity index (χ3v) is 7.53. The van der Waals surface area contributed by atoms with Gasteiger partial charge < -0.3 is 29.5 Å². The van der Waals surface area contributed by atoms with Gasteiger partial charge in [0, 0.05) is 82.3 Å². The van der Waals surface area contributed by atoms with Gasteiger partial charge >= 0.3 is 0 Å². The van der Waals surface area contributed by atoms with Crippen LogP contribution in [0.2, 0.25) is 0 Å². The van der Waals surface area contributed by atoms with Gasteiger partial charge in [0.05, 0.1) is 6.54 Å². The number of nitrogens with zero attached hydrogens (tertiary/aromatic N) is 5. The van der Waals surface area contributed by atoms with Crippen molar-refractivity contribution in [3.05, 3.63) is 27.8 Å². The van der Waals surface area contributed by atoms with Crippen molar-refractivity contribution in [3.63, 3.8) is 0 Å². The molecule has 1 aromatic rings. The lowest BCUT2D eigenvalue weighted by molar-refractivity contribution is -0.131. The first kappa shape index (κ1) is 28.8. The van der Waals surface area contributed by atoms with Crippen LogP contribution in [-0.4, -0.2) is 99.6 Å². The molecule has 0 spiro atoms. The predicted molar refractivity (Wildman–Crippen MR) is 149 cm³/mol. The molecule has 1 fully saturated rings. The van der Waals surface area contributed by atoms with Gasteiger partial charge in [0.1, 0.15) is 11.6 Å². The van der Waals surface area contributed by atoms with E-state index in [1.165, 1.54) is 0 Å². The van der Waals surface area contributed by atoms with Gasteiger partial charge in [-0.25, -0.2) is 0 Å². The molecule has 0 unspecified atom stereocenters. The molecule has 0 saturated carbocycles. The number of anilines is 3. The molecule has 0 atom stereocenters. The van der Waals surface area contributed by atoms with Crippen molar-refractivity contribution in [1.82, 2.24) is 14.9 Å². The first-order valence-electron chi connectivity index (χ1n) is 12.0. The average molecular weight is 560 g/mol. The largest absolute Gasteiger partial charge is 0.366 e. The maximum Gasteiger partial charge on any atom is 0.229 e. The number of nitrogens with one attached hydrogen (secondary N) is 1. The standard InChI is InChI=1S/C24H36Cl2N6O3S/c1-30(16-23(34-2)35-3)21-14-20(27-15-17-5-6-18(25)13-19(17)26)28-24(29-21)32-10-8-31(9-11-32)22(33)7-12-36-4/h13-14,23H,5-12,15-16H2,1-4H3,(H,27,28,29). The zero-order valence-corrected chi connectivity index (χ0v) is 23.8. The number of hydrogen-bond acceptors (Lipinski definition) is 9. The maximum atomic E-state index is 12.4. The molecule has 1 saturated heterocycles. The molecule has 3 rings (SSSR count). The van der Waals surface area contributed by atoms with Crippen molar-refractivity contribution < 1.29 is 14.3 Å². The van der Waals surface area contributed by atoms with Crippen LogP contribution in [-0.2, 0) is 14.3 Å². The van der Waals surface area contributed by atoms with Crippen molar-refractivity contribution in [3.8, 4) is 0 Å². The van der Waals surface area contributed by atoms with Crippen LogP contribution in [0.1, 0.15) is 19.3 Å². The van der Waals surface area contributed by atoms with Gasteiger partial charge in [-0.05, 0) is 30.7 Å². The third-order valence-electron chi connectivity index (χ3n) is 6.25. The van der Waals surface area contributed by atoms with E-state index in [9.17, 15) is 4.79 Å². The minimum atomic E-state index is -0.386. The maximum absolute atomic E-state index is 12.4. The number of ether oxygens (including phenoxy) is 2. The Morgan fingerprint density at radius 2 is 1.92 bits per heavy atom. The van der Waals surface area contributed by atoms with Crippen molar-refractivity contribution in [2.45, 2.75) is 25.6 Å². The molecule has 0 bridgehead atoms. The molecule has 2 aliphatic rings. The second kappa shape index (κ2) is 14.3. The van der Waals surface area contributed by atoms with Crippen molar-refractivity contribution in [2.24, 2.45) is 0 Å². The number of rotatable bonds is 12. The molecule has 1 N–H and O–H groups in total. The molecule has 1 aromatic heterocycles. The molecule has 1 aliphatic carbocycles. The Bertz CT molecular complexity index is 952. The SMILES string of the molecule is COC(CN(C)c1cc(NCC2=C(Cl)C=C(Cl)CC2)nc(N2CCN(C(=O)CCSC)CC2)n1)OC. The number of amides is 1. The van der Waals surface area contributed by atoms with E-state index >= 15 is 0 Å². The Kier molecular flexibility index (Phi) is 11.4. The summed E-state index contributed by atoms with van der Waals surface area (Å²) in [6, 6.07) is 1.91. The fourth-order valence-corrected chi connectivity index (χ4v) is 4.92. The first-order chi connectivity index (χ1) is 17.3. The van der Waals surface area contributed by atoms with Crippen LogP contribution in [0.3, 0.4) is 0 Å². The van der Waals surface area contributed by atoms with Crippen LogP contribution in [0.5, 0.6) is 0 Å². The lowest BCUT2D eigenvalue weighted by Gasteiger charge is -2.35. The van der Waals surface area contributed by atoms with Crippen molar-refractivity contribution >= 4 is 58.5 Å². The summed E-state index contributed by atoms with van der Waals surface area (Å²) < 4.78 is 10.7. The predicted octanol–water partition coefficient (Wildman–Crippen LogP) is 3.75. The Morgan fingerprint density at radius 3 is 2.56 bits per heavy atom. The highest BCUT2D eigenvalue weighted by atomic mass is 35.5. The zero-order chi connectivity index (χ0) is 26.1. The van der Waals surface area contributed by atoms with Gasteiger partial charge in [0.25, 0.3) is 0 Å². The number of carbonyl (C=O) groups is 1. The number of hydrogen-bond donors (Lipinski definition) is 1. The van der Waals surface area contributed by atoms with E-state index in [4.69, 9.17) is 42.6 Å². The quantitative estimate of drug-likeness (QED) is 0.385. The fraction of sp³-hybridized carbons (Fsp3) is 0.625. The van der Waals surface area contributed by atoms with Crippen LogP contribution >= 0.6 is 35.0 Å². The van der Waals surface area contributed by atoms with E-state index in [1.807, 2.05) is 35.2 Å². The minimum absolute atomic E-state index is 0.206. The number of thioether (sulfide) groups is 1. The second-order valence-electron chi connectivity index (χ2n) is 8.70. The number of halogens is 2. The van der Waals surface area contributed by atoms with Crippen LogP contribution < -0.4 is 15.1 Å². The van der Waals surface area contributed by atoms with Gasteiger partial charge in [-0.1, -0.05) is 23.2 Å². The van der Waals surface area contributed by atoms with E-state index in [0.717, 1.165) is 35.0 Å². The summed E-state index contributed by atoms with van der Waals surface area (Å²) in [5, 5.41) is 4.87. The van der Waals surface area contributed by atoms with Crippen molar-refractivity contribution in [2.75, 3.05) is 87.7 Å². The van der Waals surface area contributed by atoms with Crippen LogP contribution in [0.25, 0.3) is 0 Å². The zero-order valence-electron chi connectivity index (χ0n) is 21.4. The van der Waals surface area contributed by atoms with Crippen LogP contribution in [0.4, 0.5) is 17.6 Å². The molecule has 0 radical (unpaired) electrons. The summed E-state index contributed by atoms with van der Waals surface area (Å²) in [6.45, 7) is 3.73. The fourth-order valence-electron chi connectivity index (χ4n) is 3.99. The molecule has 12 heteroatoms. The summed E-state index contributed by atoms with van der Waals surface area (Å²) in [6.07, 6.45) is 5.61. The monoisotopic (exact) mass is 558 g/mol. The summed E-state index contributed by atoms with van der Waals surface area (Å²) >= 11 is 14.2. The lowest BCUT2D eigenvalue weighted by atomic mass is 10.0. The van der Waals surface area contributed by atoms with E-state index in [2.05, 4.69) is 10.2 Å². The number of methoxy groups -OCH3 is 2. The molecular weight excluding hydrogens is 523 g/mol. The van der Waals surface area contributed by atoms with E-state index in [1.54, 1.807) is 26.0 Å². The highest BCUT2D eigenvalue weighted by molar-refractivity contribution is 7.98. The number of carbonyl (C=O) groups excluding carboxylic acids is 1. The van der Waals surface area contributed by atoms with E-state index in [-0.39, 0.29) is 12.2 Å². The molecule has 1 aliphatic heterocycles. The van der Waals surface area contributed by atoms with Gasteiger partial charge in [0.15, 0.2) is 6.29 Å². The average Bonchev–Trinajstić information content (AvgIpc) is 2.89. The number of likely N-dealkylation sites (N-methyl/N-ethyl adjacent to an activating group) is 1. The van der Waals surface area contributed by atoms with Gasteiger partial charge in [-0.3, -0.25) is 4.79 Å². The van der Waals surface area contributed by atoms with E-state index in [0.29, 0.717) is 62.5 Å². The van der Waals surface area contributed by atoms with Gasteiger partial charge in [0.2, 0.25) is 11.9 Å². The smallest absolute Gasteiger partial charge is 0.229 e. The van der Waals surface area contributed by atoms with Gasteiger partial charge in [-0.2, -0.15) is 21.7 Å². The molecule has 200 valence electrons. The molecular formula is C24H36Cl2N6O3S.